The standard InChI is InChI=1S/C13H16ClF3N2.ClH/c14-9-1-2-10(11(7-9)13(15,16)17)12(18)8-3-5-19-6-4-8;/h1-2,7-8,12,19H,3-6,18H2;1H/t12-;/m1./s1. The van der Waals surface area contributed by atoms with Crippen molar-refractivity contribution < 1.29 is 13.2 Å². The summed E-state index contributed by atoms with van der Waals surface area (Å²) >= 11 is 5.66. The van der Waals surface area contributed by atoms with Crippen LogP contribution >= 0.6 is 24.0 Å². The summed E-state index contributed by atoms with van der Waals surface area (Å²) in [6, 6.07) is 3.22. The number of nitrogens with two attached hydrogens (primary N) is 1. The van der Waals surface area contributed by atoms with Crippen LogP contribution in [0.5, 0.6) is 0 Å². The number of hydrogen-bond donors (Lipinski definition) is 2. The molecule has 0 radical (unpaired) electrons. The highest BCUT2D eigenvalue weighted by molar-refractivity contribution is 6.30. The molecular formula is C13H17Cl2F3N2. The van der Waals surface area contributed by atoms with Crippen LogP contribution in [0.2, 0.25) is 5.02 Å². The third-order valence-corrected chi connectivity index (χ3v) is 3.81. The Balaban J connectivity index is 0.00000200. The van der Waals surface area contributed by atoms with Crippen molar-refractivity contribution in [2.75, 3.05) is 13.1 Å². The van der Waals surface area contributed by atoms with Gasteiger partial charge in [0.15, 0.2) is 0 Å². The van der Waals surface area contributed by atoms with Gasteiger partial charge in [0.25, 0.3) is 0 Å². The topological polar surface area (TPSA) is 38.0 Å². The molecule has 1 fully saturated rings. The third kappa shape index (κ3) is 4.01. The van der Waals surface area contributed by atoms with Crippen molar-refractivity contribution in [2.24, 2.45) is 11.7 Å². The number of nitrogens with one attached hydrogen (secondary N) is 1. The Bertz CT molecular complexity index is 446. The Morgan fingerprint density at radius 2 is 1.85 bits per heavy atom. The maximum Gasteiger partial charge on any atom is 0.416 e. The zero-order chi connectivity index (χ0) is 14.0. The van der Waals surface area contributed by atoms with Crippen molar-refractivity contribution in [3.63, 3.8) is 0 Å². The van der Waals surface area contributed by atoms with Gasteiger partial charge in [0.2, 0.25) is 0 Å². The summed E-state index contributed by atoms with van der Waals surface area (Å²) in [5.41, 5.74) is 5.47. The quantitative estimate of drug-likeness (QED) is 0.867. The first kappa shape index (κ1) is 17.6. The molecule has 3 N–H and O–H groups in total. The van der Waals surface area contributed by atoms with E-state index in [0.29, 0.717) is 0 Å². The van der Waals surface area contributed by atoms with Gasteiger partial charge in [-0.1, -0.05) is 17.7 Å². The first-order valence-electron chi connectivity index (χ1n) is 6.22. The van der Waals surface area contributed by atoms with E-state index in [0.717, 1.165) is 32.0 Å². The van der Waals surface area contributed by atoms with Crippen molar-refractivity contribution in [3.8, 4) is 0 Å². The molecule has 114 valence electrons. The molecule has 0 bridgehead atoms. The summed E-state index contributed by atoms with van der Waals surface area (Å²) < 4.78 is 39.1. The van der Waals surface area contributed by atoms with E-state index in [1.807, 2.05) is 0 Å². The number of rotatable bonds is 2. The van der Waals surface area contributed by atoms with Gasteiger partial charge in [-0.2, -0.15) is 13.2 Å². The molecule has 0 unspecified atom stereocenters. The lowest BCUT2D eigenvalue weighted by atomic mass is 9.84. The number of hydrogen-bond acceptors (Lipinski definition) is 2. The minimum absolute atomic E-state index is 0. The van der Waals surface area contributed by atoms with Crippen LogP contribution in [0.1, 0.15) is 30.0 Å². The molecule has 1 aromatic carbocycles. The minimum atomic E-state index is -4.43. The van der Waals surface area contributed by atoms with Crippen LogP contribution < -0.4 is 11.1 Å². The summed E-state index contributed by atoms with van der Waals surface area (Å²) in [5, 5.41) is 3.25. The Labute approximate surface area is 127 Å². The van der Waals surface area contributed by atoms with Crippen LogP contribution in [0.25, 0.3) is 0 Å². The summed E-state index contributed by atoms with van der Waals surface area (Å²) in [7, 11) is 0. The fraction of sp³-hybridized carbons (Fsp3) is 0.538. The minimum Gasteiger partial charge on any atom is -0.324 e. The molecule has 1 atom stereocenters. The van der Waals surface area contributed by atoms with E-state index in [2.05, 4.69) is 5.32 Å². The van der Waals surface area contributed by atoms with Crippen LogP contribution in [0.4, 0.5) is 13.2 Å². The molecule has 0 spiro atoms. The van der Waals surface area contributed by atoms with Crippen molar-refractivity contribution in [1.29, 1.82) is 0 Å². The summed E-state index contributed by atoms with van der Waals surface area (Å²) in [6.07, 6.45) is -2.84. The van der Waals surface area contributed by atoms with Gasteiger partial charge in [-0.15, -0.1) is 12.4 Å². The van der Waals surface area contributed by atoms with Gasteiger partial charge in [0.1, 0.15) is 0 Å². The molecule has 1 aromatic rings. The molecule has 20 heavy (non-hydrogen) atoms. The SMILES string of the molecule is Cl.N[C@@H](c1ccc(Cl)cc1C(F)(F)F)C1CCNCC1. The van der Waals surface area contributed by atoms with E-state index in [-0.39, 0.29) is 28.9 Å². The molecule has 0 saturated carbocycles. The lowest BCUT2D eigenvalue weighted by Gasteiger charge is -2.30. The van der Waals surface area contributed by atoms with E-state index < -0.39 is 17.8 Å². The Morgan fingerprint density at radius 3 is 2.40 bits per heavy atom. The largest absolute Gasteiger partial charge is 0.416 e. The second-order valence-electron chi connectivity index (χ2n) is 4.84. The zero-order valence-corrected chi connectivity index (χ0v) is 12.3. The number of benzene rings is 1. The summed E-state index contributed by atoms with van der Waals surface area (Å²) in [5.74, 6) is 0.0727. The van der Waals surface area contributed by atoms with Crippen LogP contribution in [0.15, 0.2) is 18.2 Å². The molecule has 1 heterocycles. The number of piperidine rings is 1. The average Bonchev–Trinajstić information content (AvgIpc) is 2.38. The van der Waals surface area contributed by atoms with E-state index in [4.69, 9.17) is 17.3 Å². The second kappa shape index (κ2) is 6.98. The maximum atomic E-state index is 13.0. The molecule has 2 rings (SSSR count). The fourth-order valence-corrected chi connectivity index (χ4v) is 2.69. The number of halogens is 5. The van der Waals surface area contributed by atoms with Gasteiger partial charge in [-0.3, -0.25) is 0 Å². The van der Waals surface area contributed by atoms with Gasteiger partial charge in [-0.05, 0) is 49.5 Å². The van der Waals surface area contributed by atoms with Gasteiger partial charge < -0.3 is 11.1 Å². The van der Waals surface area contributed by atoms with Crippen LogP contribution in [0.3, 0.4) is 0 Å². The summed E-state index contributed by atoms with van der Waals surface area (Å²) in [6.45, 7) is 1.60. The number of alkyl halides is 3. The average molecular weight is 329 g/mol. The highest BCUT2D eigenvalue weighted by atomic mass is 35.5. The lowest BCUT2D eigenvalue weighted by molar-refractivity contribution is -0.138. The van der Waals surface area contributed by atoms with E-state index >= 15 is 0 Å². The van der Waals surface area contributed by atoms with Gasteiger partial charge in [0, 0.05) is 11.1 Å². The molecule has 2 nitrogen and oxygen atoms in total. The lowest BCUT2D eigenvalue weighted by Crippen LogP contribution is -2.34. The molecule has 0 amide bonds. The van der Waals surface area contributed by atoms with Gasteiger partial charge in [-0.25, -0.2) is 0 Å². The smallest absolute Gasteiger partial charge is 0.324 e. The monoisotopic (exact) mass is 328 g/mol. The van der Waals surface area contributed by atoms with Crippen molar-refractivity contribution in [1.82, 2.24) is 5.32 Å². The van der Waals surface area contributed by atoms with E-state index in [1.165, 1.54) is 12.1 Å². The normalized spacial score (nSPS) is 18.4. The predicted octanol–water partition coefficient (Wildman–Crippen LogP) is 3.78. The van der Waals surface area contributed by atoms with Crippen LogP contribution in [-0.4, -0.2) is 13.1 Å². The second-order valence-corrected chi connectivity index (χ2v) is 5.28. The molecular weight excluding hydrogens is 312 g/mol. The fourth-order valence-electron chi connectivity index (χ4n) is 2.52. The summed E-state index contributed by atoms with van der Waals surface area (Å²) in [4.78, 5) is 0. The Morgan fingerprint density at radius 1 is 1.25 bits per heavy atom. The van der Waals surface area contributed by atoms with E-state index in [1.54, 1.807) is 0 Å². The molecule has 0 aromatic heterocycles. The Kier molecular flexibility index (Phi) is 6.13. The third-order valence-electron chi connectivity index (χ3n) is 3.57. The molecule has 0 aliphatic carbocycles. The first-order valence-corrected chi connectivity index (χ1v) is 6.60. The van der Waals surface area contributed by atoms with E-state index in [9.17, 15) is 13.2 Å². The molecule has 1 saturated heterocycles. The van der Waals surface area contributed by atoms with Gasteiger partial charge in [0.05, 0.1) is 5.56 Å². The molecule has 1 aliphatic rings. The highest BCUT2D eigenvalue weighted by Crippen LogP contribution is 2.38. The molecule has 7 heteroatoms. The van der Waals surface area contributed by atoms with Crippen molar-refractivity contribution in [3.05, 3.63) is 34.3 Å². The zero-order valence-electron chi connectivity index (χ0n) is 10.7. The predicted molar refractivity (Wildman–Crippen MR) is 76.2 cm³/mol. The highest BCUT2D eigenvalue weighted by Gasteiger charge is 2.36. The van der Waals surface area contributed by atoms with Crippen LogP contribution in [0, 0.1) is 5.92 Å². The van der Waals surface area contributed by atoms with Crippen molar-refractivity contribution >= 4 is 24.0 Å². The molecule has 1 aliphatic heterocycles. The maximum absolute atomic E-state index is 13.0. The first-order chi connectivity index (χ1) is 8.89. The van der Waals surface area contributed by atoms with Crippen LogP contribution in [-0.2, 0) is 6.18 Å². The Hall–Kier alpha value is -0.490. The van der Waals surface area contributed by atoms with Crippen molar-refractivity contribution in [2.45, 2.75) is 25.1 Å². The van der Waals surface area contributed by atoms with Gasteiger partial charge >= 0.3 is 6.18 Å².